The third-order valence-electron chi connectivity index (χ3n) is 2.89. The van der Waals surface area contributed by atoms with E-state index < -0.39 is 11.7 Å². The Bertz CT molecular complexity index is 762. The molecule has 0 saturated heterocycles. The fourth-order valence-electron chi connectivity index (χ4n) is 1.80. The molecule has 0 aliphatic heterocycles. The second kappa shape index (κ2) is 7.04. The zero-order chi connectivity index (χ0) is 15.9. The number of benzene rings is 2. The Morgan fingerprint density at radius 1 is 1.23 bits per heavy atom. The summed E-state index contributed by atoms with van der Waals surface area (Å²) >= 11 is 0. The molecule has 0 aromatic heterocycles. The molecule has 2 N–H and O–H groups in total. The lowest BCUT2D eigenvalue weighted by atomic mass is 10.2. The number of para-hydroxylation sites is 1. The van der Waals surface area contributed by atoms with Crippen molar-refractivity contribution in [1.29, 1.82) is 5.26 Å². The maximum Gasteiger partial charge on any atom is 0.267 e. The predicted molar refractivity (Wildman–Crippen MR) is 83.5 cm³/mol. The number of rotatable bonds is 4. The fraction of sp³-hybridized carbons (Fsp3) is 0.0588. The van der Waals surface area contributed by atoms with Crippen LogP contribution < -0.4 is 10.6 Å². The molecule has 0 spiro atoms. The average Bonchev–Trinajstić information content (AvgIpc) is 2.49. The quantitative estimate of drug-likeness (QED) is 0.669. The molecule has 2 aromatic carbocycles. The van der Waals surface area contributed by atoms with Gasteiger partial charge >= 0.3 is 0 Å². The van der Waals surface area contributed by atoms with Gasteiger partial charge in [-0.2, -0.15) is 5.26 Å². The molecule has 0 aliphatic rings. The first kappa shape index (κ1) is 15.3. The molecular weight excluding hydrogens is 281 g/mol. The molecule has 0 radical (unpaired) electrons. The Morgan fingerprint density at radius 2 is 2.00 bits per heavy atom. The number of aryl methyl sites for hydroxylation is 1. The van der Waals surface area contributed by atoms with Crippen LogP contribution in [-0.2, 0) is 4.79 Å². The molecule has 110 valence electrons. The van der Waals surface area contributed by atoms with Crippen molar-refractivity contribution < 1.29 is 9.18 Å². The number of halogens is 1. The number of carbonyl (C=O) groups excluding carboxylic acids is 1. The van der Waals surface area contributed by atoms with Crippen molar-refractivity contribution in [2.24, 2.45) is 0 Å². The summed E-state index contributed by atoms with van der Waals surface area (Å²) in [5.41, 5.74) is 1.63. The van der Waals surface area contributed by atoms with Crippen LogP contribution in [0.25, 0.3) is 0 Å². The van der Waals surface area contributed by atoms with Crippen molar-refractivity contribution in [3.05, 3.63) is 71.7 Å². The Morgan fingerprint density at radius 3 is 2.68 bits per heavy atom. The van der Waals surface area contributed by atoms with Gasteiger partial charge in [-0.25, -0.2) is 4.39 Å². The van der Waals surface area contributed by atoms with Gasteiger partial charge in [-0.1, -0.05) is 24.3 Å². The van der Waals surface area contributed by atoms with Crippen molar-refractivity contribution >= 4 is 17.3 Å². The summed E-state index contributed by atoms with van der Waals surface area (Å²) in [5.74, 6) is -1.02. The molecule has 0 fully saturated rings. The van der Waals surface area contributed by atoms with Crippen molar-refractivity contribution in [3.63, 3.8) is 0 Å². The SMILES string of the molecule is Cc1cccc(NC(=O)/C(C#N)=C\Nc2ccccc2F)c1. The number of amides is 1. The normalized spacial score (nSPS) is 10.7. The molecule has 0 heterocycles. The molecule has 0 aliphatic carbocycles. The zero-order valence-electron chi connectivity index (χ0n) is 11.9. The van der Waals surface area contributed by atoms with Gasteiger partial charge in [0.2, 0.25) is 0 Å². The summed E-state index contributed by atoms with van der Waals surface area (Å²) in [5, 5.41) is 14.3. The van der Waals surface area contributed by atoms with E-state index in [4.69, 9.17) is 5.26 Å². The van der Waals surface area contributed by atoms with E-state index in [0.29, 0.717) is 5.69 Å². The van der Waals surface area contributed by atoms with E-state index in [1.165, 1.54) is 18.3 Å². The van der Waals surface area contributed by atoms with Gasteiger partial charge in [-0.3, -0.25) is 4.79 Å². The van der Waals surface area contributed by atoms with Crippen LogP contribution in [0.4, 0.5) is 15.8 Å². The molecule has 1 amide bonds. The molecule has 0 atom stereocenters. The van der Waals surface area contributed by atoms with E-state index in [1.54, 1.807) is 36.4 Å². The fourth-order valence-corrected chi connectivity index (χ4v) is 1.80. The van der Waals surface area contributed by atoms with Crippen LogP contribution in [0.2, 0.25) is 0 Å². The summed E-state index contributed by atoms with van der Waals surface area (Å²) in [6.07, 6.45) is 1.18. The first-order chi connectivity index (χ1) is 10.6. The third kappa shape index (κ3) is 3.93. The summed E-state index contributed by atoms with van der Waals surface area (Å²) < 4.78 is 13.5. The topological polar surface area (TPSA) is 64.9 Å². The summed E-state index contributed by atoms with van der Waals surface area (Å²) in [7, 11) is 0. The molecule has 0 saturated carbocycles. The summed E-state index contributed by atoms with van der Waals surface area (Å²) in [6.45, 7) is 1.90. The average molecular weight is 295 g/mol. The second-order valence-corrected chi connectivity index (χ2v) is 4.62. The van der Waals surface area contributed by atoms with Gasteiger partial charge in [0, 0.05) is 11.9 Å². The monoisotopic (exact) mass is 295 g/mol. The maximum absolute atomic E-state index is 13.5. The molecule has 22 heavy (non-hydrogen) atoms. The van der Waals surface area contributed by atoms with Gasteiger partial charge in [-0.15, -0.1) is 0 Å². The number of hydrogen-bond acceptors (Lipinski definition) is 3. The lowest BCUT2D eigenvalue weighted by molar-refractivity contribution is -0.112. The highest BCUT2D eigenvalue weighted by Crippen LogP contribution is 2.14. The smallest absolute Gasteiger partial charge is 0.267 e. The van der Waals surface area contributed by atoms with Crippen molar-refractivity contribution in [3.8, 4) is 6.07 Å². The lowest BCUT2D eigenvalue weighted by Gasteiger charge is -2.06. The largest absolute Gasteiger partial charge is 0.358 e. The van der Waals surface area contributed by atoms with Gasteiger partial charge in [0.05, 0.1) is 5.69 Å². The van der Waals surface area contributed by atoms with E-state index in [-0.39, 0.29) is 11.3 Å². The van der Waals surface area contributed by atoms with Crippen LogP contribution in [0.5, 0.6) is 0 Å². The molecule has 4 nitrogen and oxygen atoms in total. The van der Waals surface area contributed by atoms with E-state index in [9.17, 15) is 9.18 Å². The van der Waals surface area contributed by atoms with E-state index in [2.05, 4.69) is 10.6 Å². The molecule has 0 bridgehead atoms. The third-order valence-corrected chi connectivity index (χ3v) is 2.89. The molecule has 2 aromatic rings. The van der Waals surface area contributed by atoms with E-state index >= 15 is 0 Å². The Kier molecular flexibility index (Phi) is 4.89. The lowest BCUT2D eigenvalue weighted by Crippen LogP contribution is -2.14. The minimum atomic E-state index is -0.558. The number of anilines is 2. The van der Waals surface area contributed by atoms with Gasteiger partial charge in [0.1, 0.15) is 17.5 Å². The first-order valence-electron chi connectivity index (χ1n) is 6.59. The van der Waals surface area contributed by atoms with Gasteiger partial charge < -0.3 is 10.6 Å². The second-order valence-electron chi connectivity index (χ2n) is 4.62. The Balaban J connectivity index is 2.11. The first-order valence-corrected chi connectivity index (χ1v) is 6.59. The predicted octanol–water partition coefficient (Wildman–Crippen LogP) is 3.59. The van der Waals surface area contributed by atoms with Gasteiger partial charge in [-0.05, 0) is 36.8 Å². The number of hydrogen-bond donors (Lipinski definition) is 2. The highest BCUT2D eigenvalue weighted by molar-refractivity contribution is 6.06. The summed E-state index contributed by atoms with van der Waals surface area (Å²) in [4.78, 5) is 12.0. The summed E-state index contributed by atoms with van der Waals surface area (Å²) in [6, 6.07) is 15.0. The van der Waals surface area contributed by atoms with Crippen LogP contribution in [0, 0.1) is 24.1 Å². The maximum atomic E-state index is 13.5. The van der Waals surface area contributed by atoms with Crippen LogP contribution in [0.3, 0.4) is 0 Å². The van der Waals surface area contributed by atoms with E-state index in [1.807, 2.05) is 13.0 Å². The zero-order valence-corrected chi connectivity index (χ0v) is 11.9. The van der Waals surface area contributed by atoms with Gasteiger partial charge in [0.25, 0.3) is 5.91 Å². The molecule has 2 rings (SSSR count). The number of nitrogens with one attached hydrogen (secondary N) is 2. The Hall–Kier alpha value is -3.13. The molecular formula is C17H14FN3O. The number of nitrogens with zero attached hydrogens (tertiary/aromatic N) is 1. The minimum Gasteiger partial charge on any atom is -0.358 e. The van der Waals surface area contributed by atoms with Crippen LogP contribution in [-0.4, -0.2) is 5.91 Å². The van der Waals surface area contributed by atoms with Crippen LogP contribution in [0.15, 0.2) is 60.3 Å². The standard InChI is InChI=1S/C17H14FN3O/c1-12-5-4-6-14(9-12)21-17(22)13(10-19)11-20-16-8-3-2-7-15(16)18/h2-9,11,20H,1H3,(H,21,22)/b13-11-. The highest BCUT2D eigenvalue weighted by Gasteiger charge is 2.09. The minimum absolute atomic E-state index is 0.148. The number of nitriles is 1. The van der Waals surface area contributed by atoms with Crippen molar-refractivity contribution in [2.75, 3.05) is 10.6 Å². The van der Waals surface area contributed by atoms with E-state index in [0.717, 1.165) is 5.56 Å². The van der Waals surface area contributed by atoms with Crippen molar-refractivity contribution in [1.82, 2.24) is 0 Å². The Labute approximate surface area is 127 Å². The molecule has 0 unspecified atom stereocenters. The number of carbonyl (C=O) groups is 1. The van der Waals surface area contributed by atoms with Gasteiger partial charge in [0.15, 0.2) is 0 Å². The van der Waals surface area contributed by atoms with Crippen LogP contribution in [0.1, 0.15) is 5.56 Å². The van der Waals surface area contributed by atoms with Crippen molar-refractivity contribution in [2.45, 2.75) is 6.92 Å². The molecule has 5 heteroatoms. The highest BCUT2D eigenvalue weighted by atomic mass is 19.1. The van der Waals surface area contributed by atoms with Crippen LogP contribution >= 0.6 is 0 Å².